The van der Waals surface area contributed by atoms with E-state index in [-0.39, 0.29) is 5.91 Å². The lowest BCUT2D eigenvalue weighted by atomic mass is 10.1. The largest absolute Gasteiger partial charge is 0.379 e. The van der Waals surface area contributed by atoms with Crippen molar-refractivity contribution >= 4 is 23.3 Å². The van der Waals surface area contributed by atoms with Crippen molar-refractivity contribution in [2.24, 2.45) is 0 Å². The number of hydrogen-bond donors (Lipinski definition) is 2. The van der Waals surface area contributed by atoms with Crippen LogP contribution in [0.5, 0.6) is 0 Å². The summed E-state index contributed by atoms with van der Waals surface area (Å²) in [7, 11) is 0. The van der Waals surface area contributed by atoms with Gasteiger partial charge in [-0.25, -0.2) is 4.98 Å². The van der Waals surface area contributed by atoms with Gasteiger partial charge in [-0.1, -0.05) is 23.7 Å². The van der Waals surface area contributed by atoms with E-state index in [1.165, 1.54) is 0 Å². The Hall–Kier alpha value is -2.15. The first-order chi connectivity index (χ1) is 13.2. The molecule has 0 spiro atoms. The first-order valence-electron chi connectivity index (χ1n) is 9.23. The van der Waals surface area contributed by atoms with Gasteiger partial charge < -0.3 is 15.4 Å². The molecule has 0 unspecified atom stereocenters. The van der Waals surface area contributed by atoms with E-state index in [9.17, 15) is 4.79 Å². The maximum atomic E-state index is 12.2. The van der Waals surface area contributed by atoms with Gasteiger partial charge in [-0.15, -0.1) is 0 Å². The number of benzene rings is 1. The molecule has 2 heterocycles. The quantitative estimate of drug-likeness (QED) is 0.727. The maximum Gasteiger partial charge on any atom is 0.252 e. The van der Waals surface area contributed by atoms with Crippen molar-refractivity contribution in [3.8, 4) is 0 Å². The Morgan fingerprint density at radius 1 is 1.11 bits per heavy atom. The molecule has 144 valence electrons. The molecule has 1 aliphatic heterocycles. The molecule has 1 aliphatic rings. The minimum atomic E-state index is -0.115. The molecule has 0 bridgehead atoms. The molecule has 2 N–H and O–H groups in total. The minimum absolute atomic E-state index is 0.115. The molecule has 6 nitrogen and oxygen atoms in total. The van der Waals surface area contributed by atoms with E-state index in [1.54, 1.807) is 12.3 Å². The van der Waals surface area contributed by atoms with Crippen molar-refractivity contribution in [2.75, 3.05) is 51.3 Å². The Balaban J connectivity index is 1.38. The van der Waals surface area contributed by atoms with E-state index in [4.69, 9.17) is 16.3 Å². The lowest BCUT2D eigenvalue weighted by Gasteiger charge is -2.26. The van der Waals surface area contributed by atoms with Crippen LogP contribution >= 0.6 is 11.6 Å². The number of ether oxygens (including phenoxy) is 1. The molecule has 0 saturated carbocycles. The molecule has 7 heteroatoms. The monoisotopic (exact) mass is 388 g/mol. The number of aromatic nitrogens is 1. The Bertz CT molecular complexity index is 716. The molecule has 2 aromatic rings. The smallest absolute Gasteiger partial charge is 0.252 e. The van der Waals surface area contributed by atoms with Crippen molar-refractivity contribution in [3.63, 3.8) is 0 Å². The number of nitrogens with one attached hydrogen (secondary N) is 2. The summed E-state index contributed by atoms with van der Waals surface area (Å²) in [5.74, 6) is 0.664. The number of morpholine rings is 1. The topological polar surface area (TPSA) is 66.5 Å². The molecule has 0 aliphatic carbocycles. The number of rotatable bonds is 8. The number of amides is 1. The first kappa shape index (κ1) is 19.6. The summed E-state index contributed by atoms with van der Waals surface area (Å²) in [6.45, 7) is 5.91. The van der Waals surface area contributed by atoms with Crippen LogP contribution in [0.2, 0.25) is 5.02 Å². The summed E-state index contributed by atoms with van der Waals surface area (Å²) in [5.41, 5.74) is 1.70. The van der Waals surface area contributed by atoms with Crippen LogP contribution in [-0.4, -0.2) is 61.7 Å². The number of carbonyl (C=O) groups excluding carboxylic acids is 1. The molecular formula is C20H25ClN4O2. The Kier molecular flexibility index (Phi) is 7.45. The Morgan fingerprint density at radius 3 is 2.59 bits per heavy atom. The number of carbonyl (C=O) groups is 1. The van der Waals surface area contributed by atoms with Gasteiger partial charge in [0.15, 0.2) is 0 Å². The van der Waals surface area contributed by atoms with Gasteiger partial charge in [-0.2, -0.15) is 0 Å². The molecule has 1 amide bonds. The molecule has 27 heavy (non-hydrogen) atoms. The highest BCUT2D eigenvalue weighted by Gasteiger charge is 2.10. The normalized spacial score (nSPS) is 14.7. The second kappa shape index (κ2) is 10.3. The third kappa shape index (κ3) is 6.50. The average Bonchev–Trinajstić information content (AvgIpc) is 2.71. The molecule has 1 saturated heterocycles. The lowest BCUT2D eigenvalue weighted by molar-refractivity contribution is 0.0398. The number of halogens is 1. The molecule has 1 aromatic heterocycles. The highest BCUT2D eigenvalue weighted by molar-refractivity contribution is 6.30. The van der Waals surface area contributed by atoms with E-state index in [1.807, 2.05) is 30.3 Å². The molecule has 0 atom stereocenters. The number of nitrogens with zero attached hydrogens (tertiary/aromatic N) is 2. The zero-order valence-corrected chi connectivity index (χ0v) is 16.0. The fraction of sp³-hybridized carbons (Fsp3) is 0.400. The third-order valence-electron chi connectivity index (χ3n) is 4.48. The maximum absolute atomic E-state index is 12.2. The second-order valence-corrected chi connectivity index (χ2v) is 6.88. The summed E-state index contributed by atoms with van der Waals surface area (Å²) >= 11 is 5.87. The summed E-state index contributed by atoms with van der Waals surface area (Å²) in [6, 6.07) is 11.3. The first-order valence-corrected chi connectivity index (χ1v) is 9.61. The molecule has 1 fully saturated rings. The van der Waals surface area contributed by atoms with E-state index >= 15 is 0 Å². The van der Waals surface area contributed by atoms with E-state index in [0.29, 0.717) is 17.1 Å². The SMILES string of the molecule is O=C(NCCc1ccc(Cl)cc1)c1ccc(NCCN2CCOCC2)nc1. The molecule has 1 aromatic carbocycles. The number of anilines is 1. The van der Waals surface area contributed by atoms with Crippen LogP contribution in [0.1, 0.15) is 15.9 Å². The fourth-order valence-corrected chi connectivity index (χ4v) is 3.00. The lowest BCUT2D eigenvalue weighted by Crippen LogP contribution is -2.39. The number of pyridine rings is 1. The third-order valence-corrected chi connectivity index (χ3v) is 4.73. The van der Waals surface area contributed by atoms with Crippen LogP contribution in [0.25, 0.3) is 0 Å². The van der Waals surface area contributed by atoms with Crippen LogP contribution in [-0.2, 0) is 11.2 Å². The summed E-state index contributed by atoms with van der Waals surface area (Å²) in [5, 5.41) is 6.92. The van der Waals surface area contributed by atoms with Crippen LogP contribution < -0.4 is 10.6 Å². The van der Waals surface area contributed by atoms with Gasteiger partial charge >= 0.3 is 0 Å². The van der Waals surface area contributed by atoms with E-state index < -0.39 is 0 Å². The van der Waals surface area contributed by atoms with Gasteiger partial charge in [-0.05, 0) is 36.2 Å². The van der Waals surface area contributed by atoms with Gasteiger partial charge in [0.2, 0.25) is 0 Å². The number of hydrogen-bond acceptors (Lipinski definition) is 5. The zero-order valence-electron chi connectivity index (χ0n) is 15.3. The fourth-order valence-electron chi connectivity index (χ4n) is 2.87. The highest BCUT2D eigenvalue weighted by atomic mass is 35.5. The summed E-state index contributed by atoms with van der Waals surface area (Å²) in [4.78, 5) is 18.9. The Labute approximate surface area is 164 Å². The van der Waals surface area contributed by atoms with Gasteiger partial charge in [-0.3, -0.25) is 9.69 Å². The van der Waals surface area contributed by atoms with Crippen molar-refractivity contribution in [2.45, 2.75) is 6.42 Å². The van der Waals surface area contributed by atoms with Gasteiger partial charge in [0, 0.05) is 43.9 Å². The predicted molar refractivity (Wildman–Crippen MR) is 107 cm³/mol. The van der Waals surface area contributed by atoms with Crippen molar-refractivity contribution in [1.82, 2.24) is 15.2 Å². The van der Waals surface area contributed by atoms with E-state index in [0.717, 1.165) is 57.2 Å². The van der Waals surface area contributed by atoms with Gasteiger partial charge in [0.1, 0.15) is 5.82 Å². The zero-order chi connectivity index (χ0) is 18.9. The Morgan fingerprint density at radius 2 is 1.89 bits per heavy atom. The molecule has 3 rings (SSSR count). The minimum Gasteiger partial charge on any atom is -0.379 e. The molecular weight excluding hydrogens is 364 g/mol. The van der Waals surface area contributed by atoms with Crippen molar-refractivity contribution in [1.29, 1.82) is 0 Å². The average molecular weight is 389 g/mol. The van der Waals surface area contributed by atoms with Crippen LogP contribution in [0.4, 0.5) is 5.82 Å². The van der Waals surface area contributed by atoms with Crippen LogP contribution in [0.15, 0.2) is 42.6 Å². The van der Waals surface area contributed by atoms with Crippen molar-refractivity contribution in [3.05, 3.63) is 58.7 Å². The van der Waals surface area contributed by atoms with Crippen LogP contribution in [0.3, 0.4) is 0 Å². The van der Waals surface area contributed by atoms with E-state index in [2.05, 4.69) is 20.5 Å². The predicted octanol–water partition coefficient (Wildman–Crippen LogP) is 2.45. The molecule has 0 radical (unpaired) electrons. The van der Waals surface area contributed by atoms with Crippen molar-refractivity contribution < 1.29 is 9.53 Å². The summed E-state index contributed by atoms with van der Waals surface area (Å²) < 4.78 is 5.34. The van der Waals surface area contributed by atoms with Crippen LogP contribution in [0, 0.1) is 0 Å². The summed E-state index contributed by atoms with van der Waals surface area (Å²) in [6.07, 6.45) is 2.37. The van der Waals surface area contributed by atoms with Gasteiger partial charge in [0.05, 0.1) is 18.8 Å². The standard InChI is InChI=1S/C20H25ClN4O2/c21-18-4-1-16(2-5-18)7-8-23-20(26)17-3-6-19(24-15-17)22-9-10-25-11-13-27-14-12-25/h1-6,15H,7-14H2,(H,22,24)(H,23,26). The highest BCUT2D eigenvalue weighted by Crippen LogP contribution is 2.10. The van der Waals surface area contributed by atoms with Gasteiger partial charge in [0.25, 0.3) is 5.91 Å². The second-order valence-electron chi connectivity index (χ2n) is 6.45.